The van der Waals surface area contributed by atoms with E-state index in [9.17, 15) is 13.7 Å². The molecule has 0 radical (unpaired) electrons. The second-order valence-electron chi connectivity index (χ2n) is 6.26. The number of hydrogen-bond acceptors (Lipinski definition) is 9. The van der Waals surface area contributed by atoms with Crippen LogP contribution in [-0.2, 0) is 10.0 Å². The van der Waals surface area contributed by atoms with Crippen molar-refractivity contribution in [2.45, 2.75) is 23.8 Å². The maximum atomic E-state index is 12.6. The highest BCUT2D eigenvalue weighted by Gasteiger charge is 2.27. The van der Waals surface area contributed by atoms with Crippen molar-refractivity contribution in [3.8, 4) is 17.3 Å². The Balaban J connectivity index is 1.52. The molecule has 10 nitrogen and oxygen atoms in total. The van der Waals surface area contributed by atoms with E-state index < -0.39 is 16.1 Å². The van der Waals surface area contributed by atoms with E-state index in [1.807, 2.05) is 6.07 Å². The molecule has 29 heavy (non-hydrogen) atoms. The van der Waals surface area contributed by atoms with Crippen LogP contribution in [0.2, 0.25) is 0 Å². The number of aromatic nitrogens is 4. The summed E-state index contributed by atoms with van der Waals surface area (Å²) in [7, 11) is -3.45. The molecule has 0 aliphatic carbocycles. The summed E-state index contributed by atoms with van der Waals surface area (Å²) in [6.07, 6.45) is 3.09. The number of sulfonamides is 1. The standard InChI is InChI=1S/C17H16N8O2S2/c18-9-14(22-24-17-19-11-20-23-17)16-21-15(10-28-16)12-3-5-13(6-4-12)29(26,27)25-7-1-2-8-25/h3-6,10-11,14H,1-2,7-8H2,(H,19,20,23). The second kappa shape index (κ2) is 8.16. The van der Waals surface area contributed by atoms with Gasteiger partial charge in [0.05, 0.1) is 16.7 Å². The smallest absolute Gasteiger partial charge is 0.242 e. The molecule has 2 aromatic heterocycles. The van der Waals surface area contributed by atoms with Crippen LogP contribution in [0.4, 0.5) is 5.95 Å². The summed E-state index contributed by atoms with van der Waals surface area (Å²) in [5, 5.41) is 25.6. The number of nitrogens with zero attached hydrogens (tertiary/aromatic N) is 7. The number of azo groups is 1. The number of nitrogens with one attached hydrogen (secondary N) is 1. The molecule has 1 fully saturated rings. The molecule has 0 bridgehead atoms. The number of aromatic amines is 1. The lowest BCUT2D eigenvalue weighted by Gasteiger charge is -2.15. The van der Waals surface area contributed by atoms with Gasteiger partial charge in [-0.15, -0.1) is 16.5 Å². The molecule has 1 unspecified atom stereocenters. The van der Waals surface area contributed by atoms with Gasteiger partial charge in [-0.25, -0.2) is 18.5 Å². The molecule has 1 saturated heterocycles. The summed E-state index contributed by atoms with van der Waals surface area (Å²) in [5.74, 6) is 0.205. The van der Waals surface area contributed by atoms with Crippen molar-refractivity contribution in [1.29, 1.82) is 5.26 Å². The molecule has 0 spiro atoms. The molecule has 4 rings (SSSR count). The summed E-state index contributed by atoms with van der Waals surface area (Å²) in [6.45, 7) is 1.13. The highest BCUT2D eigenvalue weighted by Crippen LogP contribution is 2.29. The number of rotatable bonds is 6. The van der Waals surface area contributed by atoms with Crippen molar-refractivity contribution in [3.05, 3.63) is 41.0 Å². The number of nitriles is 1. The van der Waals surface area contributed by atoms with Crippen LogP contribution < -0.4 is 0 Å². The van der Waals surface area contributed by atoms with Crippen LogP contribution in [0.15, 0.2) is 51.1 Å². The fraction of sp³-hybridized carbons (Fsp3) is 0.294. The summed E-state index contributed by atoms with van der Waals surface area (Å²) in [6, 6.07) is 7.80. The fourth-order valence-corrected chi connectivity index (χ4v) is 5.23. The predicted molar refractivity (Wildman–Crippen MR) is 105 cm³/mol. The van der Waals surface area contributed by atoms with Crippen molar-refractivity contribution in [3.63, 3.8) is 0 Å². The minimum absolute atomic E-state index is 0.205. The highest BCUT2D eigenvalue weighted by molar-refractivity contribution is 7.89. The summed E-state index contributed by atoms with van der Waals surface area (Å²) >= 11 is 1.28. The first-order valence-electron chi connectivity index (χ1n) is 8.80. The summed E-state index contributed by atoms with van der Waals surface area (Å²) in [5.41, 5.74) is 1.40. The Morgan fingerprint density at radius 2 is 2.00 bits per heavy atom. The lowest BCUT2D eigenvalue weighted by Crippen LogP contribution is -2.27. The first-order chi connectivity index (χ1) is 14.1. The van der Waals surface area contributed by atoms with E-state index in [1.54, 1.807) is 29.6 Å². The Bertz CT molecular complexity index is 1140. The van der Waals surface area contributed by atoms with E-state index in [1.165, 1.54) is 22.0 Å². The van der Waals surface area contributed by atoms with Crippen LogP contribution in [0, 0.1) is 11.3 Å². The van der Waals surface area contributed by atoms with Crippen LogP contribution in [-0.4, -0.2) is 46.0 Å². The van der Waals surface area contributed by atoms with Gasteiger partial charge in [-0.05, 0) is 25.0 Å². The topological polar surface area (TPSA) is 140 Å². The number of benzene rings is 1. The third kappa shape index (κ3) is 4.07. The Morgan fingerprint density at radius 3 is 2.66 bits per heavy atom. The minimum Gasteiger partial charge on any atom is -0.242 e. The Labute approximate surface area is 171 Å². The first-order valence-corrected chi connectivity index (χ1v) is 11.1. The van der Waals surface area contributed by atoms with Gasteiger partial charge in [-0.1, -0.05) is 12.1 Å². The monoisotopic (exact) mass is 428 g/mol. The van der Waals surface area contributed by atoms with Crippen molar-refractivity contribution >= 4 is 27.3 Å². The maximum absolute atomic E-state index is 12.6. The fourth-order valence-electron chi connectivity index (χ4n) is 2.91. The molecule has 148 valence electrons. The van der Waals surface area contributed by atoms with Gasteiger partial charge < -0.3 is 0 Å². The zero-order chi connectivity index (χ0) is 20.3. The molecule has 0 saturated carbocycles. The highest BCUT2D eigenvalue weighted by atomic mass is 32.2. The SMILES string of the molecule is N#CC(N=Nc1ncn[nH]1)c1nc(-c2ccc(S(=O)(=O)N3CCCC3)cc2)cs1. The van der Waals surface area contributed by atoms with Crippen molar-refractivity contribution in [2.75, 3.05) is 13.1 Å². The van der Waals surface area contributed by atoms with Gasteiger partial charge >= 0.3 is 0 Å². The van der Waals surface area contributed by atoms with E-state index in [-0.39, 0.29) is 10.8 Å². The normalized spacial score (nSPS) is 16.2. The van der Waals surface area contributed by atoms with Crippen LogP contribution >= 0.6 is 11.3 Å². The van der Waals surface area contributed by atoms with Gasteiger partial charge in [-0.3, -0.25) is 0 Å². The Hall–Kier alpha value is -3.01. The van der Waals surface area contributed by atoms with Gasteiger partial charge in [0.15, 0.2) is 0 Å². The quantitative estimate of drug-likeness (QED) is 0.598. The molecule has 0 amide bonds. The van der Waals surface area contributed by atoms with E-state index in [0.717, 1.165) is 18.4 Å². The van der Waals surface area contributed by atoms with Gasteiger partial charge in [0.2, 0.25) is 16.1 Å². The second-order valence-corrected chi connectivity index (χ2v) is 9.09. The van der Waals surface area contributed by atoms with E-state index in [2.05, 4.69) is 30.4 Å². The molecule has 12 heteroatoms. The average Bonchev–Trinajstić information content (AvgIpc) is 3.51. The largest absolute Gasteiger partial charge is 0.264 e. The third-order valence-electron chi connectivity index (χ3n) is 4.40. The van der Waals surface area contributed by atoms with E-state index in [0.29, 0.717) is 23.8 Å². The van der Waals surface area contributed by atoms with Crippen LogP contribution in [0.3, 0.4) is 0 Å². The molecule has 1 aromatic carbocycles. The van der Waals surface area contributed by atoms with Crippen LogP contribution in [0.25, 0.3) is 11.3 Å². The van der Waals surface area contributed by atoms with Crippen molar-refractivity contribution < 1.29 is 8.42 Å². The number of H-pyrrole nitrogens is 1. The number of thiazole rings is 1. The lowest BCUT2D eigenvalue weighted by atomic mass is 10.2. The van der Waals surface area contributed by atoms with Crippen LogP contribution in [0.5, 0.6) is 0 Å². The summed E-state index contributed by atoms with van der Waals surface area (Å²) in [4.78, 5) is 8.55. The van der Waals surface area contributed by atoms with E-state index >= 15 is 0 Å². The van der Waals surface area contributed by atoms with E-state index in [4.69, 9.17) is 0 Å². The summed E-state index contributed by atoms with van der Waals surface area (Å²) < 4.78 is 26.8. The minimum atomic E-state index is -3.45. The predicted octanol–water partition coefficient (Wildman–Crippen LogP) is 3.06. The van der Waals surface area contributed by atoms with Gasteiger partial charge in [0, 0.05) is 24.0 Å². The zero-order valence-electron chi connectivity index (χ0n) is 15.1. The average molecular weight is 429 g/mol. The Kier molecular flexibility index (Phi) is 5.43. The first kappa shape index (κ1) is 19.3. The molecule has 3 heterocycles. The Morgan fingerprint density at radius 1 is 1.24 bits per heavy atom. The van der Waals surface area contributed by atoms with Gasteiger partial charge in [0.25, 0.3) is 5.95 Å². The number of hydrogen-bond donors (Lipinski definition) is 1. The molecule has 3 aromatic rings. The zero-order valence-corrected chi connectivity index (χ0v) is 16.8. The molecular weight excluding hydrogens is 412 g/mol. The molecule has 1 atom stereocenters. The van der Waals surface area contributed by atoms with Crippen molar-refractivity contribution in [2.24, 2.45) is 10.2 Å². The lowest BCUT2D eigenvalue weighted by molar-refractivity contribution is 0.477. The molecular formula is C17H16N8O2S2. The molecule has 1 aliphatic heterocycles. The maximum Gasteiger partial charge on any atom is 0.264 e. The van der Waals surface area contributed by atoms with Gasteiger partial charge in [-0.2, -0.15) is 24.8 Å². The van der Waals surface area contributed by atoms with Crippen molar-refractivity contribution in [1.82, 2.24) is 24.5 Å². The van der Waals surface area contributed by atoms with Crippen LogP contribution in [0.1, 0.15) is 23.9 Å². The molecule has 1 N–H and O–H groups in total. The molecule has 1 aliphatic rings. The van der Waals surface area contributed by atoms with Gasteiger partial charge in [0.1, 0.15) is 11.3 Å². The third-order valence-corrected chi connectivity index (χ3v) is 7.21.